The molecule has 0 amide bonds. The Labute approximate surface area is 114 Å². The van der Waals surface area contributed by atoms with Crippen LogP contribution in [-0.4, -0.2) is 23.5 Å². The Bertz CT molecular complexity index is 400. The van der Waals surface area contributed by atoms with E-state index in [1.807, 2.05) is 11.8 Å². The number of aliphatic imine (C=N–C) groups is 1. The molecule has 2 nitrogen and oxygen atoms in total. The SMILES string of the molecule is CC(CNC1=NCC(C(C)C)S1)c1ccccc1. The third kappa shape index (κ3) is 3.52. The predicted molar refractivity (Wildman–Crippen MR) is 81.4 cm³/mol. The van der Waals surface area contributed by atoms with Crippen molar-refractivity contribution in [1.82, 2.24) is 5.32 Å². The van der Waals surface area contributed by atoms with Gasteiger partial charge in [0.05, 0.1) is 6.54 Å². The highest BCUT2D eigenvalue weighted by atomic mass is 32.2. The molecule has 98 valence electrons. The Morgan fingerprint density at radius 3 is 2.61 bits per heavy atom. The van der Waals surface area contributed by atoms with Crippen LogP contribution in [0.15, 0.2) is 35.3 Å². The fourth-order valence-electron chi connectivity index (χ4n) is 1.98. The first-order chi connectivity index (χ1) is 8.66. The summed E-state index contributed by atoms with van der Waals surface area (Å²) in [5.74, 6) is 1.22. The van der Waals surface area contributed by atoms with Gasteiger partial charge in [0.2, 0.25) is 0 Å². The number of amidine groups is 1. The summed E-state index contributed by atoms with van der Waals surface area (Å²) in [5.41, 5.74) is 1.38. The van der Waals surface area contributed by atoms with Crippen molar-refractivity contribution in [3.05, 3.63) is 35.9 Å². The molecule has 1 heterocycles. The molecule has 1 N–H and O–H groups in total. The summed E-state index contributed by atoms with van der Waals surface area (Å²) in [5, 5.41) is 5.25. The smallest absolute Gasteiger partial charge is 0.156 e. The van der Waals surface area contributed by atoms with Gasteiger partial charge in [0.15, 0.2) is 5.17 Å². The van der Waals surface area contributed by atoms with Crippen molar-refractivity contribution in [2.75, 3.05) is 13.1 Å². The van der Waals surface area contributed by atoms with E-state index in [0.717, 1.165) is 18.3 Å². The van der Waals surface area contributed by atoms with E-state index >= 15 is 0 Å². The molecular formula is C15H22N2S. The molecule has 0 spiro atoms. The molecule has 1 aromatic rings. The topological polar surface area (TPSA) is 24.4 Å². The Morgan fingerprint density at radius 1 is 1.28 bits per heavy atom. The van der Waals surface area contributed by atoms with Gasteiger partial charge in [-0.05, 0) is 17.4 Å². The third-order valence-corrected chi connectivity index (χ3v) is 4.84. The third-order valence-electron chi connectivity index (χ3n) is 3.35. The highest BCUT2D eigenvalue weighted by Gasteiger charge is 2.22. The lowest BCUT2D eigenvalue weighted by Crippen LogP contribution is -2.25. The van der Waals surface area contributed by atoms with E-state index in [1.165, 1.54) is 5.56 Å². The number of rotatable bonds is 4. The zero-order valence-electron chi connectivity index (χ0n) is 11.4. The molecule has 0 saturated heterocycles. The number of hydrogen-bond acceptors (Lipinski definition) is 3. The normalized spacial score (nSPS) is 20.9. The second-order valence-electron chi connectivity index (χ2n) is 5.24. The van der Waals surface area contributed by atoms with Crippen molar-refractivity contribution in [3.63, 3.8) is 0 Å². The molecule has 0 fully saturated rings. The maximum atomic E-state index is 4.57. The maximum Gasteiger partial charge on any atom is 0.156 e. The van der Waals surface area contributed by atoms with E-state index < -0.39 is 0 Å². The lowest BCUT2D eigenvalue weighted by molar-refractivity contribution is 0.621. The Hall–Kier alpha value is -0.960. The Morgan fingerprint density at radius 2 is 2.00 bits per heavy atom. The van der Waals surface area contributed by atoms with Gasteiger partial charge in [-0.3, -0.25) is 4.99 Å². The molecule has 0 bridgehead atoms. The average Bonchev–Trinajstić information content (AvgIpc) is 2.86. The van der Waals surface area contributed by atoms with E-state index in [-0.39, 0.29) is 0 Å². The molecule has 1 aliphatic rings. The summed E-state index contributed by atoms with van der Waals surface area (Å²) in [6, 6.07) is 10.6. The quantitative estimate of drug-likeness (QED) is 0.898. The molecule has 18 heavy (non-hydrogen) atoms. The predicted octanol–water partition coefficient (Wildman–Crippen LogP) is 3.51. The number of hydrogen-bond donors (Lipinski definition) is 1. The largest absolute Gasteiger partial charge is 0.364 e. The highest BCUT2D eigenvalue weighted by molar-refractivity contribution is 8.14. The molecule has 2 unspecified atom stereocenters. The van der Waals surface area contributed by atoms with Crippen LogP contribution in [0.5, 0.6) is 0 Å². The van der Waals surface area contributed by atoms with Gasteiger partial charge in [0, 0.05) is 11.8 Å². The lowest BCUT2D eigenvalue weighted by Gasteiger charge is -2.15. The van der Waals surface area contributed by atoms with Crippen LogP contribution in [0.3, 0.4) is 0 Å². The second kappa shape index (κ2) is 6.28. The zero-order valence-corrected chi connectivity index (χ0v) is 12.2. The molecular weight excluding hydrogens is 240 g/mol. The first kappa shape index (κ1) is 13.5. The van der Waals surface area contributed by atoms with E-state index in [4.69, 9.17) is 0 Å². The minimum atomic E-state index is 0.521. The molecule has 0 saturated carbocycles. The number of thioether (sulfide) groups is 1. The van der Waals surface area contributed by atoms with Crippen LogP contribution in [0.1, 0.15) is 32.3 Å². The summed E-state index contributed by atoms with van der Waals surface area (Å²) in [6.07, 6.45) is 0. The van der Waals surface area contributed by atoms with Crippen molar-refractivity contribution in [2.24, 2.45) is 10.9 Å². The van der Waals surface area contributed by atoms with Crippen LogP contribution >= 0.6 is 11.8 Å². The van der Waals surface area contributed by atoms with Gasteiger partial charge in [-0.25, -0.2) is 0 Å². The second-order valence-corrected chi connectivity index (χ2v) is 6.47. The molecule has 2 atom stereocenters. The number of nitrogens with one attached hydrogen (secondary N) is 1. The van der Waals surface area contributed by atoms with Crippen LogP contribution in [-0.2, 0) is 0 Å². The molecule has 1 aromatic carbocycles. The van der Waals surface area contributed by atoms with Crippen molar-refractivity contribution in [3.8, 4) is 0 Å². The maximum absolute atomic E-state index is 4.57. The number of benzene rings is 1. The average molecular weight is 262 g/mol. The van der Waals surface area contributed by atoms with Gasteiger partial charge in [0.25, 0.3) is 0 Å². The summed E-state index contributed by atoms with van der Waals surface area (Å²) < 4.78 is 0. The summed E-state index contributed by atoms with van der Waals surface area (Å²) in [4.78, 5) is 4.57. The van der Waals surface area contributed by atoms with Crippen LogP contribution in [0.2, 0.25) is 0 Å². The lowest BCUT2D eigenvalue weighted by atomic mass is 10.0. The van der Waals surface area contributed by atoms with Crippen LogP contribution in [0, 0.1) is 5.92 Å². The summed E-state index contributed by atoms with van der Waals surface area (Å²) >= 11 is 1.89. The van der Waals surface area contributed by atoms with E-state index in [0.29, 0.717) is 17.1 Å². The molecule has 0 aromatic heterocycles. The van der Waals surface area contributed by atoms with Crippen LogP contribution < -0.4 is 5.32 Å². The molecule has 2 rings (SSSR count). The summed E-state index contributed by atoms with van der Waals surface area (Å²) in [6.45, 7) is 8.71. The van der Waals surface area contributed by atoms with Gasteiger partial charge in [-0.15, -0.1) is 0 Å². The van der Waals surface area contributed by atoms with E-state index in [9.17, 15) is 0 Å². The monoisotopic (exact) mass is 262 g/mol. The standard InChI is InChI=1S/C15H22N2S/c1-11(2)14-10-17-15(18-14)16-9-12(3)13-7-5-4-6-8-13/h4-8,11-12,14H,9-10H2,1-3H3,(H,16,17). The molecule has 1 aliphatic heterocycles. The minimum Gasteiger partial charge on any atom is -0.364 e. The van der Waals surface area contributed by atoms with Gasteiger partial charge in [-0.2, -0.15) is 0 Å². The van der Waals surface area contributed by atoms with Crippen molar-refractivity contribution in [2.45, 2.75) is 31.9 Å². The van der Waals surface area contributed by atoms with Crippen LogP contribution in [0.25, 0.3) is 0 Å². The van der Waals surface area contributed by atoms with Gasteiger partial charge in [0.1, 0.15) is 0 Å². The number of nitrogens with zero attached hydrogens (tertiary/aromatic N) is 1. The molecule has 0 aliphatic carbocycles. The van der Waals surface area contributed by atoms with Gasteiger partial charge >= 0.3 is 0 Å². The van der Waals surface area contributed by atoms with Crippen molar-refractivity contribution >= 4 is 16.9 Å². The van der Waals surface area contributed by atoms with Gasteiger partial charge < -0.3 is 5.32 Å². The first-order valence-electron chi connectivity index (χ1n) is 6.66. The fraction of sp³-hybridized carbons (Fsp3) is 0.533. The van der Waals surface area contributed by atoms with E-state index in [1.54, 1.807) is 0 Å². The first-order valence-corrected chi connectivity index (χ1v) is 7.54. The zero-order chi connectivity index (χ0) is 13.0. The Balaban J connectivity index is 1.79. The Kier molecular flexibility index (Phi) is 4.70. The molecule has 3 heteroatoms. The van der Waals surface area contributed by atoms with Crippen molar-refractivity contribution in [1.29, 1.82) is 0 Å². The van der Waals surface area contributed by atoms with Gasteiger partial charge in [-0.1, -0.05) is 62.9 Å². The van der Waals surface area contributed by atoms with E-state index in [2.05, 4.69) is 61.4 Å². The van der Waals surface area contributed by atoms with Crippen LogP contribution in [0.4, 0.5) is 0 Å². The highest BCUT2D eigenvalue weighted by Crippen LogP contribution is 2.26. The van der Waals surface area contributed by atoms with Crippen molar-refractivity contribution < 1.29 is 0 Å². The molecule has 0 radical (unpaired) electrons. The summed E-state index contributed by atoms with van der Waals surface area (Å²) in [7, 11) is 0. The fourth-order valence-corrected chi connectivity index (χ4v) is 3.00. The minimum absolute atomic E-state index is 0.521.